The molecule has 0 fully saturated rings. The van der Waals surface area contributed by atoms with Crippen LogP contribution in [-0.4, -0.2) is 18.1 Å². The number of anilines is 1. The number of nitrogens with zero attached hydrogens (tertiary/aromatic N) is 2. The lowest BCUT2D eigenvalue weighted by Gasteiger charge is -2.23. The van der Waals surface area contributed by atoms with E-state index in [1.807, 2.05) is 24.5 Å². The predicted octanol–water partition coefficient (Wildman–Crippen LogP) is 3.25. The summed E-state index contributed by atoms with van der Waals surface area (Å²) in [5.74, 6) is 0. The fourth-order valence-corrected chi connectivity index (χ4v) is 1.86. The Bertz CT molecular complexity index is 299. The van der Waals surface area contributed by atoms with Gasteiger partial charge in [-0.05, 0) is 28.4 Å². The highest BCUT2D eigenvalue weighted by atomic mass is 79.9. The fraction of sp³-hybridized carbons (Fsp3) is 0.364. The average molecular weight is 255 g/mol. The highest BCUT2D eigenvalue weighted by molar-refractivity contribution is 9.10. The number of aromatic nitrogens is 1. The van der Waals surface area contributed by atoms with Gasteiger partial charge in [-0.15, -0.1) is 6.58 Å². The van der Waals surface area contributed by atoms with Crippen molar-refractivity contribution in [3.05, 3.63) is 35.6 Å². The van der Waals surface area contributed by atoms with Crippen LogP contribution in [0.3, 0.4) is 0 Å². The molecule has 2 nitrogen and oxygen atoms in total. The van der Waals surface area contributed by atoms with Crippen molar-refractivity contribution in [3.8, 4) is 0 Å². The Balaban J connectivity index is 2.86. The molecule has 0 aliphatic heterocycles. The van der Waals surface area contributed by atoms with Crippen LogP contribution in [0.1, 0.15) is 13.3 Å². The van der Waals surface area contributed by atoms with Gasteiger partial charge in [0.2, 0.25) is 0 Å². The smallest absolute Gasteiger partial charge is 0.0592 e. The van der Waals surface area contributed by atoms with E-state index in [1.54, 1.807) is 0 Å². The average Bonchev–Trinajstić information content (AvgIpc) is 2.18. The second-order valence-electron chi connectivity index (χ2n) is 3.06. The SMILES string of the molecule is C=CCN(CCC)c1ccncc1Br. The first-order valence-corrected chi connectivity index (χ1v) is 5.54. The molecule has 0 radical (unpaired) electrons. The van der Waals surface area contributed by atoms with E-state index in [9.17, 15) is 0 Å². The maximum atomic E-state index is 4.05. The zero-order chi connectivity index (χ0) is 10.4. The Morgan fingerprint density at radius 2 is 2.43 bits per heavy atom. The minimum Gasteiger partial charge on any atom is -0.367 e. The summed E-state index contributed by atoms with van der Waals surface area (Å²) in [6.07, 6.45) is 6.68. The maximum Gasteiger partial charge on any atom is 0.0592 e. The summed E-state index contributed by atoms with van der Waals surface area (Å²) in [5, 5.41) is 0. The van der Waals surface area contributed by atoms with Crippen LogP contribution in [0.2, 0.25) is 0 Å². The summed E-state index contributed by atoms with van der Waals surface area (Å²) in [6, 6.07) is 2.02. The van der Waals surface area contributed by atoms with Crippen molar-refractivity contribution in [2.45, 2.75) is 13.3 Å². The molecular weight excluding hydrogens is 240 g/mol. The van der Waals surface area contributed by atoms with Crippen LogP contribution >= 0.6 is 15.9 Å². The molecule has 0 unspecified atom stereocenters. The molecule has 0 saturated heterocycles. The van der Waals surface area contributed by atoms with Gasteiger partial charge in [0.1, 0.15) is 0 Å². The quantitative estimate of drug-likeness (QED) is 0.751. The van der Waals surface area contributed by atoms with Crippen molar-refractivity contribution < 1.29 is 0 Å². The number of hydrogen-bond donors (Lipinski definition) is 0. The molecule has 1 rings (SSSR count). The lowest BCUT2D eigenvalue weighted by atomic mass is 10.3. The summed E-state index contributed by atoms with van der Waals surface area (Å²) in [4.78, 5) is 6.32. The van der Waals surface area contributed by atoms with Gasteiger partial charge in [-0.3, -0.25) is 4.98 Å². The van der Waals surface area contributed by atoms with E-state index in [1.165, 1.54) is 5.69 Å². The zero-order valence-electron chi connectivity index (χ0n) is 8.41. The topological polar surface area (TPSA) is 16.1 Å². The highest BCUT2D eigenvalue weighted by Gasteiger charge is 2.06. The van der Waals surface area contributed by atoms with E-state index in [0.717, 1.165) is 24.0 Å². The Morgan fingerprint density at radius 3 is 3.00 bits per heavy atom. The van der Waals surface area contributed by atoms with E-state index in [4.69, 9.17) is 0 Å². The molecule has 14 heavy (non-hydrogen) atoms. The van der Waals surface area contributed by atoms with Crippen molar-refractivity contribution in [1.29, 1.82) is 0 Å². The Hall–Kier alpha value is -0.830. The molecule has 0 aliphatic rings. The molecule has 1 aromatic heterocycles. The monoisotopic (exact) mass is 254 g/mol. The van der Waals surface area contributed by atoms with E-state index in [-0.39, 0.29) is 0 Å². The Labute approximate surface area is 93.8 Å². The van der Waals surface area contributed by atoms with Crippen molar-refractivity contribution in [2.24, 2.45) is 0 Å². The molecule has 1 aromatic rings. The van der Waals surface area contributed by atoms with Gasteiger partial charge in [0.15, 0.2) is 0 Å². The molecule has 0 spiro atoms. The van der Waals surface area contributed by atoms with Crippen molar-refractivity contribution in [3.63, 3.8) is 0 Å². The molecule has 3 heteroatoms. The third kappa shape index (κ3) is 2.84. The second-order valence-corrected chi connectivity index (χ2v) is 3.92. The van der Waals surface area contributed by atoms with Gasteiger partial charge < -0.3 is 4.90 Å². The fourth-order valence-electron chi connectivity index (χ4n) is 1.36. The van der Waals surface area contributed by atoms with Crippen LogP contribution in [-0.2, 0) is 0 Å². The molecular formula is C11H15BrN2. The molecule has 0 N–H and O–H groups in total. The van der Waals surface area contributed by atoms with Crippen LogP contribution in [0, 0.1) is 0 Å². The van der Waals surface area contributed by atoms with Crippen molar-refractivity contribution in [2.75, 3.05) is 18.0 Å². The van der Waals surface area contributed by atoms with Crippen LogP contribution in [0.4, 0.5) is 5.69 Å². The van der Waals surface area contributed by atoms with Crippen molar-refractivity contribution >= 4 is 21.6 Å². The van der Waals surface area contributed by atoms with Gasteiger partial charge >= 0.3 is 0 Å². The van der Waals surface area contributed by atoms with Crippen molar-refractivity contribution in [1.82, 2.24) is 4.98 Å². The molecule has 0 saturated carbocycles. The minimum absolute atomic E-state index is 0.871. The molecule has 1 heterocycles. The van der Waals surface area contributed by atoms with E-state index in [0.29, 0.717) is 0 Å². The first-order chi connectivity index (χ1) is 6.79. The lowest BCUT2D eigenvalue weighted by molar-refractivity contribution is 0.813. The Morgan fingerprint density at radius 1 is 1.64 bits per heavy atom. The van der Waals surface area contributed by atoms with Gasteiger partial charge in [-0.2, -0.15) is 0 Å². The number of halogens is 1. The molecule has 0 atom stereocenters. The van der Waals surface area contributed by atoms with E-state index in [2.05, 4.69) is 39.3 Å². The molecule has 0 aliphatic carbocycles. The molecule has 0 bridgehead atoms. The van der Waals surface area contributed by atoms with E-state index >= 15 is 0 Å². The first-order valence-electron chi connectivity index (χ1n) is 4.75. The van der Waals surface area contributed by atoms with Gasteiger partial charge in [0.25, 0.3) is 0 Å². The van der Waals surface area contributed by atoms with E-state index < -0.39 is 0 Å². The standard InChI is InChI=1S/C11H15BrN2/c1-3-7-14(8-4-2)11-5-6-13-9-10(11)12/h3,5-6,9H,1,4,7-8H2,2H3. The van der Waals surface area contributed by atoms with Gasteiger partial charge in [0.05, 0.1) is 10.2 Å². The molecule has 0 amide bonds. The van der Waals surface area contributed by atoms with Gasteiger partial charge in [-0.25, -0.2) is 0 Å². The lowest BCUT2D eigenvalue weighted by Crippen LogP contribution is -2.24. The van der Waals surface area contributed by atoms with Crippen LogP contribution in [0.25, 0.3) is 0 Å². The summed E-state index contributed by atoms with van der Waals surface area (Å²) < 4.78 is 1.04. The third-order valence-corrected chi connectivity index (χ3v) is 2.55. The predicted molar refractivity (Wildman–Crippen MR) is 64.6 cm³/mol. The summed E-state index contributed by atoms with van der Waals surface area (Å²) in [6.45, 7) is 7.84. The maximum absolute atomic E-state index is 4.05. The number of hydrogen-bond acceptors (Lipinski definition) is 2. The van der Waals surface area contributed by atoms with Crippen LogP contribution in [0.5, 0.6) is 0 Å². The van der Waals surface area contributed by atoms with Crippen LogP contribution < -0.4 is 4.90 Å². The normalized spacial score (nSPS) is 9.86. The molecule has 76 valence electrons. The van der Waals surface area contributed by atoms with Gasteiger partial charge in [0, 0.05) is 25.5 Å². The first kappa shape index (κ1) is 11.2. The number of rotatable bonds is 5. The molecule has 0 aromatic carbocycles. The minimum atomic E-state index is 0.871. The second kappa shape index (κ2) is 5.81. The van der Waals surface area contributed by atoms with Gasteiger partial charge in [-0.1, -0.05) is 13.0 Å². The summed E-state index contributed by atoms with van der Waals surface area (Å²) >= 11 is 3.50. The largest absolute Gasteiger partial charge is 0.367 e. The highest BCUT2D eigenvalue weighted by Crippen LogP contribution is 2.24. The third-order valence-electron chi connectivity index (χ3n) is 1.93. The summed E-state index contributed by atoms with van der Waals surface area (Å²) in [7, 11) is 0. The van der Waals surface area contributed by atoms with Crippen LogP contribution in [0.15, 0.2) is 35.6 Å². The Kier molecular flexibility index (Phi) is 4.66. The zero-order valence-corrected chi connectivity index (χ0v) is 10.00. The summed E-state index contributed by atoms with van der Waals surface area (Å²) in [5.41, 5.74) is 1.18. The number of pyridine rings is 1.